The minimum absolute atomic E-state index is 0.141. The molecule has 150 valence electrons. The lowest BCUT2D eigenvalue weighted by Crippen LogP contribution is -2.47. The van der Waals surface area contributed by atoms with Crippen LogP contribution in [0.25, 0.3) is 0 Å². The first-order chi connectivity index (χ1) is 13.0. The van der Waals surface area contributed by atoms with Crippen LogP contribution >= 0.6 is 0 Å². The van der Waals surface area contributed by atoms with E-state index in [1.165, 1.54) is 19.4 Å². The Balaban J connectivity index is 1.33. The second kappa shape index (κ2) is 9.49. The van der Waals surface area contributed by atoms with E-state index < -0.39 is 12.1 Å². The number of amides is 1. The van der Waals surface area contributed by atoms with Gasteiger partial charge in [-0.2, -0.15) is 0 Å². The lowest BCUT2D eigenvalue weighted by molar-refractivity contribution is -0.126. The zero-order valence-corrected chi connectivity index (χ0v) is 16.2. The molecule has 2 aliphatic rings. The fourth-order valence-electron chi connectivity index (χ4n) is 4.18. The van der Waals surface area contributed by atoms with Crippen molar-refractivity contribution in [2.75, 3.05) is 37.6 Å². The third kappa shape index (κ3) is 5.89. The number of alkyl halides is 1. The fraction of sp³-hybridized carbons (Fsp3) is 0.667. The highest BCUT2D eigenvalue weighted by atomic mass is 19.1. The predicted octanol–water partition coefficient (Wildman–Crippen LogP) is 3.37. The van der Waals surface area contributed by atoms with E-state index in [9.17, 15) is 13.6 Å². The van der Waals surface area contributed by atoms with Gasteiger partial charge < -0.3 is 10.2 Å². The summed E-state index contributed by atoms with van der Waals surface area (Å²) in [6, 6.07) is 6.97. The first-order valence-electron chi connectivity index (χ1n) is 10.2. The molecular weight excluding hydrogens is 348 g/mol. The predicted molar refractivity (Wildman–Crippen MR) is 104 cm³/mol. The van der Waals surface area contributed by atoms with Crippen molar-refractivity contribution in [3.63, 3.8) is 0 Å². The molecule has 1 amide bonds. The molecule has 1 unspecified atom stereocenters. The van der Waals surface area contributed by atoms with Crippen LogP contribution < -0.4 is 10.2 Å². The van der Waals surface area contributed by atoms with Gasteiger partial charge in [0.25, 0.3) is 5.91 Å². The second-order valence-corrected chi connectivity index (χ2v) is 7.94. The molecule has 6 heteroatoms. The zero-order chi connectivity index (χ0) is 19.2. The molecule has 2 fully saturated rings. The summed E-state index contributed by atoms with van der Waals surface area (Å²) in [5.74, 6) is 0.0412. The van der Waals surface area contributed by atoms with Gasteiger partial charge in [-0.15, -0.1) is 0 Å². The van der Waals surface area contributed by atoms with E-state index in [2.05, 4.69) is 15.1 Å². The third-order valence-corrected chi connectivity index (χ3v) is 5.95. The standard InChI is InChI=1S/C21H31F2N3O/c1-16(22)21(27)24-19-7-5-17(6-8-19)9-10-25-11-13-26(14-12-25)20-4-2-3-18(23)15-20/h2-4,15-17,19H,5-14H2,1H3,(H,24,27). The summed E-state index contributed by atoms with van der Waals surface area (Å²) in [7, 11) is 0. The van der Waals surface area contributed by atoms with Gasteiger partial charge in [0, 0.05) is 37.9 Å². The average Bonchev–Trinajstić information content (AvgIpc) is 2.68. The molecule has 0 spiro atoms. The number of rotatable bonds is 6. The SMILES string of the molecule is CC(F)C(=O)NC1CCC(CCN2CCN(c3cccc(F)c3)CC2)CC1. The Kier molecular flexibility index (Phi) is 7.05. The van der Waals surface area contributed by atoms with Crippen LogP contribution in [0.1, 0.15) is 39.0 Å². The van der Waals surface area contributed by atoms with Crippen LogP contribution in [0.3, 0.4) is 0 Å². The number of carbonyl (C=O) groups excluding carboxylic acids is 1. The third-order valence-electron chi connectivity index (χ3n) is 5.95. The van der Waals surface area contributed by atoms with Crippen LogP contribution in [0.4, 0.5) is 14.5 Å². The first-order valence-corrected chi connectivity index (χ1v) is 10.2. The number of piperazine rings is 1. The van der Waals surface area contributed by atoms with Crippen LogP contribution in [0.2, 0.25) is 0 Å². The highest BCUT2D eigenvalue weighted by Crippen LogP contribution is 2.27. The minimum atomic E-state index is -1.42. The minimum Gasteiger partial charge on any atom is -0.369 e. The van der Waals surface area contributed by atoms with E-state index in [0.717, 1.165) is 64.1 Å². The fourth-order valence-corrected chi connectivity index (χ4v) is 4.18. The van der Waals surface area contributed by atoms with Crippen LogP contribution in [0, 0.1) is 11.7 Å². The summed E-state index contributed by atoms with van der Waals surface area (Å²) in [6.07, 6.45) is 3.88. The van der Waals surface area contributed by atoms with Crippen molar-refractivity contribution < 1.29 is 13.6 Å². The Labute approximate surface area is 160 Å². The molecule has 1 aromatic carbocycles. The van der Waals surface area contributed by atoms with Crippen molar-refractivity contribution in [3.05, 3.63) is 30.1 Å². The lowest BCUT2D eigenvalue weighted by Gasteiger charge is -2.37. The molecule has 1 aliphatic heterocycles. The molecule has 1 heterocycles. The number of carbonyl (C=O) groups is 1. The van der Waals surface area contributed by atoms with Gasteiger partial charge in [-0.3, -0.25) is 9.69 Å². The van der Waals surface area contributed by atoms with Gasteiger partial charge in [-0.05, 0) is 69.7 Å². The molecule has 1 saturated carbocycles. The Morgan fingerprint density at radius 2 is 1.89 bits per heavy atom. The summed E-state index contributed by atoms with van der Waals surface area (Å²) >= 11 is 0. The summed E-state index contributed by atoms with van der Waals surface area (Å²) in [5, 5.41) is 2.81. The summed E-state index contributed by atoms with van der Waals surface area (Å²) in [4.78, 5) is 16.2. The number of benzene rings is 1. The van der Waals surface area contributed by atoms with E-state index in [-0.39, 0.29) is 11.9 Å². The quantitative estimate of drug-likeness (QED) is 0.823. The Bertz CT molecular complexity index is 609. The molecule has 3 rings (SSSR count). The molecule has 1 N–H and O–H groups in total. The lowest BCUT2D eigenvalue weighted by atomic mass is 9.84. The molecule has 1 aliphatic carbocycles. The maximum Gasteiger partial charge on any atom is 0.254 e. The van der Waals surface area contributed by atoms with Crippen molar-refractivity contribution in [1.29, 1.82) is 0 Å². The maximum atomic E-state index is 13.4. The molecule has 1 saturated heterocycles. The largest absolute Gasteiger partial charge is 0.369 e. The Morgan fingerprint density at radius 1 is 1.19 bits per heavy atom. The van der Waals surface area contributed by atoms with E-state index in [0.29, 0.717) is 5.92 Å². The van der Waals surface area contributed by atoms with E-state index >= 15 is 0 Å². The van der Waals surface area contributed by atoms with Gasteiger partial charge in [0.05, 0.1) is 0 Å². The normalized spacial score (nSPS) is 25.2. The monoisotopic (exact) mass is 379 g/mol. The van der Waals surface area contributed by atoms with Crippen molar-refractivity contribution >= 4 is 11.6 Å². The van der Waals surface area contributed by atoms with Crippen molar-refractivity contribution in [2.45, 2.75) is 51.2 Å². The number of halogens is 2. The topological polar surface area (TPSA) is 35.6 Å². The van der Waals surface area contributed by atoms with Gasteiger partial charge in [-0.25, -0.2) is 8.78 Å². The van der Waals surface area contributed by atoms with Crippen LogP contribution in [-0.4, -0.2) is 55.7 Å². The Hall–Kier alpha value is -1.69. The number of anilines is 1. The molecule has 0 aromatic heterocycles. The summed E-state index contributed by atoms with van der Waals surface area (Å²) in [5.41, 5.74) is 0.970. The van der Waals surface area contributed by atoms with Gasteiger partial charge in [0.15, 0.2) is 6.17 Å². The maximum absolute atomic E-state index is 13.4. The van der Waals surface area contributed by atoms with E-state index in [1.807, 2.05) is 6.07 Å². The second-order valence-electron chi connectivity index (χ2n) is 7.94. The molecule has 0 radical (unpaired) electrons. The van der Waals surface area contributed by atoms with E-state index in [1.54, 1.807) is 12.1 Å². The van der Waals surface area contributed by atoms with Crippen LogP contribution in [0.15, 0.2) is 24.3 Å². The molecule has 0 bridgehead atoms. The van der Waals surface area contributed by atoms with Gasteiger partial charge >= 0.3 is 0 Å². The highest BCUT2D eigenvalue weighted by molar-refractivity contribution is 5.80. The van der Waals surface area contributed by atoms with Gasteiger partial charge in [0.2, 0.25) is 0 Å². The molecule has 27 heavy (non-hydrogen) atoms. The summed E-state index contributed by atoms with van der Waals surface area (Å²) < 4.78 is 26.4. The van der Waals surface area contributed by atoms with E-state index in [4.69, 9.17) is 0 Å². The van der Waals surface area contributed by atoms with Crippen molar-refractivity contribution in [2.24, 2.45) is 5.92 Å². The zero-order valence-electron chi connectivity index (χ0n) is 16.2. The average molecular weight is 379 g/mol. The molecule has 1 atom stereocenters. The molecular formula is C21H31F2N3O. The van der Waals surface area contributed by atoms with Gasteiger partial charge in [-0.1, -0.05) is 6.07 Å². The van der Waals surface area contributed by atoms with Gasteiger partial charge in [0.1, 0.15) is 5.82 Å². The number of nitrogens with zero attached hydrogens (tertiary/aromatic N) is 2. The highest BCUT2D eigenvalue weighted by Gasteiger charge is 2.25. The molecule has 4 nitrogen and oxygen atoms in total. The number of hydrogen-bond acceptors (Lipinski definition) is 3. The van der Waals surface area contributed by atoms with Crippen LogP contribution in [-0.2, 0) is 4.79 Å². The van der Waals surface area contributed by atoms with Crippen molar-refractivity contribution in [3.8, 4) is 0 Å². The first kappa shape index (κ1) is 20.1. The smallest absolute Gasteiger partial charge is 0.254 e. The van der Waals surface area contributed by atoms with Crippen molar-refractivity contribution in [1.82, 2.24) is 10.2 Å². The number of nitrogens with one attached hydrogen (secondary N) is 1. The Morgan fingerprint density at radius 3 is 2.52 bits per heavy atom. The number of hydrogen-bond donors (Lipinski definition) is 1. The molecule has 1 aromatic rings. The summed E-state index contributed by atoms with van der Waals surface area (Å²) in [6.45, 7) is 6.27. The van der Waals surface area contributed by atoms with Crippen LogP contribution in [0.5, 0.6) is 0 Å².